The molecule has 0 aliphatic carbocycles. The second-order valence-electron chi connectivity index (χ2n) is 6.40. The van der Waals surface area contributed by atoms with Crippen LogP contribution in [-0.4, -0.2) is 44.4 Å². The predicted octanol–water partition coefficient (Wildman–Crippen LogP) is 2.68. The predicted molar refractivity (Wildman–Crippen MR) is 93.9 cm³/mol. The van der Waals surface area contributed by atoms with Crippen molar-refractivity contribution in [3.8, 4) is 11.5 Å². The standard InChI is InChI=1S/C15H13F5N5O2S.ClH.Zn/c1-4-28(26,27)13-11(22-7-24(13)2)12-23-8-5-10(14(16,17)15(18,19)20)21-6-9(8)25(12)3;;/h5-6H,4H2,1-3H3;1H;/q;;+1/p-1. The Kier molecular flexibility index (Phi) is 5.74. The van der Waals surface area contributed by atoms with Gasteiger partial charge in [-0.2, -0.15) is 0 Å². The molecule has 3 aromatic rings. The third-order valence-electron chi connectivity index (χ3n) is 4.59. The second-order valence-corrected chi connectivity index (χ2v) is 11.9. The Labute approximate surface area is 178 Å². The zero-order valence-electron chi connectivity index (χ0n) is 15.8. The topological polar surface area (TPSA) is 82.7 Å². The number of halogens is 6. The first-order valence-corrected chi connectivity index (χ1v) is 15.4. The number of hydrogen-bond donors (Lipinski definition) is 0. The molecule has 0 aromatic carbocycles. The molecule has 3 aromatic heterocycles. The van der Waals surface area contributed by atoms with Crippen LogP contribution in [0.1, 0.15) is 12.6 Å². The summed E-state index contributed by atoms with van der Waals surface area (Å²) in [7, 11) is 5.19. The summed E-state index contributed by atoms with van der Waals surface area (Å²) in [4.78, 5) is 11.6. The fraction of sp³-hybridized carbons (Fsp3) is 0.400. The van der Waals surface area contributed by atoms with E-state index in [1.54, 1.807) is 0 Å². The molecule has 15 heteroatoms. The first-order valence-electron chi connectivity index (χ1n) is 8.38. The Morgan fingerprint density at radius 2 is 1.77 bits per heavy atom. The van der Waals surface area contributed by atoms with E-state index in [0.29, 0.717) is 10.5 Å². The van der Waals surface area contributed by atoms with E-state index in [1.807, 2.05) is 0 Å². The van der Waals surface area contributed by atoms with Gasteiger partial charge in [-0.05, 0) is 0 Å². The maximum absolute atomic E-state index is 13.7. The number of hydrogen-bond acceptors (Lipinski definition) is 5. The molecular weight excluding hydrogens is 510 g/mol. The molecule has 3 rings (SSSR count). The fourth-order valence-corrected chi connectivity index (χ4v) is 6.78. The van der Waals surface area contributed by atoms with Crippen molar-refractivity contribution in [1.29, 1.82) is 0 Å². The van der Waals surface area contributed by atoms with Crippen LogP contribution in [0.25, 0.3) is 22.6 Å². The molecule has 0 saturated carbocycles. The van der Waals surface area contributed by atoms with Gasteiger partial charge in [-0.15, -0.1) is 0 Å². The van der Waals surface area contributed by atoms with Crippen molar-refractivity contribution in [2.45, 2.75) is 24.0 Å². The molecule has 0 aliphatic heterocycles. The van der Waals surface area contributed by atoms with E-state index in [1.165, 1.54) is 30.2 Å². The molecule has 3 heterocycles. The maximum atomic E-state index is 13.7. The molecule has 0 spiro atoms. The van der Waals surface area contributed by atoms with Crippen LogP contribution < -0.4 is 4.42 Å². The molecule has 0 fully saturated rings. The minimum absolute atomic E-state index is 0.0133. The van der Waals surface area contributed by atoms with Crippen LogP contribution in [-0.2, 0) is 46.0 Å². The van der Waals surface area contributed by atoms with Gasteiger partial charge in [0.05, 0.1) is 0 Å². The van der Waals surface area contributed by atoms with E-state index in [0.717, 1.165) is 6.20 Å². The van der Waals surface area contributed by atoms with Crippen LogP contribution in [0.2, 0.25) is 0 Å². The van der Waals surface area contributed by atoms with E-state index < -0.39 is 43.8 Å². The summed E-state index contributed by atoms with van der Waals surface area (Å²) < 4.78 is 93.7. The molecule has 0 amide bonds. The third kappa shape index (κ3) is 3.52. The molecule has 0 atom stereocenters. The van der Waals surface area contributed by atoms with Crippen LogP contribution in [0.15, 0.2) is 17.3 Å². The SMILES string of the molecule is CCS(=O)(=O)c1c(-c2nc3cc(C(F)(F)C(F)(F)F)ncc3n2C)n[c]([Zn][Cl])n1C. The van der Waals surface area contributed by atoms with Gasteiger partial charge >= 0.3 is 179 Å². The van der Waals surface area contributed by atoms with E-state index in [-0.39, 0.29) is 33.3 Å². The second kappa shape index (κ2) is 7.49. The number of aryl methyl sites for hydroxylation is 1. The molecule has 160 valence electrons. The van der Waals surface area contributed by atoms with Gasteiger partial charge in [-0.3, -0.25) is 0 Å². The Bertz CT molecular complexity index is 1240. The summed E-state index contributed by atoms with van der Waals surface area (Å²) in [5, 5.41) is -0.140. The monoisotopic (exact) mass is 521 g/mol. The van der Waals surface area contributed by atoms with Gasteiger partial charge in [0.1, 0.15) is 0 Å². The number of aromatic nitrogens is 5. The average Bonchev–Trinajstić information content (AvgIpc) is 3.17. The summed E-state index contributed by atoms with van der Waals surface area (Å²) in [5.41, 5.74) is -1.62. The van der Waals surface area contributed by atoms with Crippen LogP contribution in [0.4, 0.5) is 22.0 Å². The van der Waals surface area contributed by atoms with Gasteiger partial charge in [0.2, 0.25) is 0 Å². The van der Waals surface area contributed by atoms with Crippen LogP contribution in [0.5, 0.6) is 0 Å². The normalized spacial score (nSPS) is 13.1. The van der Waals surface area contributed by atoms with Gasteiger partial charge in [0, 0.05) is 0 Å². The van der Waals surface area contributed by atoms with Crippen molar-refractivity contribution in [3.63, 3.8) is 0 Å². The first-order chi connectivity index (χ1) is 13.8. The van der Waals surface area contributed by atoms with E-state index in [4.69, 9.17) is 9.69 Å². The zero-order chi connectivity index (χ0) is 22.6. The van der Waals surface area contributed by atoms with Gasteiger partial charge < -0.3 is 0 Å². The van der Waals surface area contributed by atoms with Gasteiger partial charge in [0.25, 0.3) is 0 Å². The molecule has 30 heavy (non-hydrogen) atoms. The minimum atomic E-state index is -5.82. The molecule has 0 saturated heterocycles. The van der Waals surface area contributed by atoms with Crippen LogP contribution in [0.3, 0.4) is 0 Å². The molecule has 0 unspecified atom stereocenters. The van der Waals surface area contributed by atoms with Gasteiger partial charge in [0.15, 0.2) is 0 Å². The molecule has 0 aliphatic rings. The third-order valence-corrected chi connectivity index (χ3v) is 9.47. The number of imidazole rings is 2. The Morgan fingerprint density at radius 1 is 1.13 bits per heavy atom. The molecule has 0 bridgehead atoms. The van der Waals surface area contributed by atoms with Crippen molar-refractivity contribution in [1.82, 2.24) is 24.1 Å². The van der Waals surface area contributed by atoms with Crippen molar-refractivity contribution >= 4 is 35.0 Å². The number of sulfone groups is 1. The molecule has 7 nitrogen and oxygen atoms in total. The molecule has 0 N–H and O–H groups in total. The van der Waals surface area contributed by atoms with E-state index in [2.05, 4.69) is 15.0 Å². The van der Waals surface area contributed by atoms with E-state index >= 15 is 0 Å². The first kappa shape index (κ1) is 23.0. The van der Waals surface area contributed by atoms with Crippen molar-refractivity contribution in [3.05, 3.63) is 18.0 Å². The summed E-state index contributed by atoms with van der Waals surface area (Å²) in [6, 6.07) is 0.531. The Hall–Kier alpha value is -1.66. The van der Waals surface area contributed by atoms with Crippen molar-refractivity contribution in [2.75, 3.05) is 5.75 Å². The van der Waals surface area contributed by atoms with Crippen molar-refractivity contribution in [2.24, 2.45) is 14.1 Å². The van der Waals surface area contributed by atoms with Crippen LogP contribution >= 0.6 is 9.69 Å². The van der Waals surface area contributed by atoms with Gasteiger partial charge in [-0.25, -0.2) is 0 Å². The average molecular weight is 523 g/mol. The summed E-state index contributed by atoms with van der Waals surface area (Å²) in [5.74, 6) is -5.41. The number of alkyl halides is 5. The Balaban J connectivity index is 2.28. The van der Waals surface area contributed by atoms with E-state index in [9.17, 15) is 30.4 Å². The molecule has 0 radical (unpaired) electrons. The molecular formula is C15H13ClF5N5O2SZn. The summed E-state index contributed by atoms with van der Waals surface area (Å²) in [6.07, 6.45) is -4.99. The zero-order valence-corrected chi connectivity index (χ0v) is 20.3. The van der Waals surface area contributed by atoms with Crippen LogP contribution in [0, 0.1) is 0 Å². The summed E-state index contributed by atoms with van der Waals surface area (Å²) in [6.45, 7) is 1.44. The number of rotatable bonds is 5. The Morgan fingerprint density at radius 3 is 2.30 bits per heavy atom. The number of pyridine rings is 1. The summed E-state index contributed by atoms with van der Waals surface area (Å²) >= 11 is -1.86. The van der Waals surface area contributed by atoms with Gasteiger partial charge in [-0.1, -0.05) is 0 Å². The van der Waals surface area contributed by atoms with Crippen molar-refractivity contribution < 1.29 is 46.5 Å². The fourth-order valence-electron chi connectivity index (χ4n) is 2.90. The quantitative estimate of drug-likeness (QED) is 0.380. The number of fused-ring (bicyclic) bond motifs is 1. The number of nitrogens with zero attached hydrogens (tertiary/aromatic N) is 5.